The van der Waals surface area contributed by atoms with Crippen molar-refractivity contribution in [2.75, 3.05) is 13.2 Å². The van der Waals surface area contributed by atoms with Crippen molar-refractivity contribution in [2.24, 2.45) is 4.99 Å². The van der Waals surface area contributed by atoms with Crippen molar-refractivity contribution in [2.45, 2.75) is 24.3 Å². The summed E-state index contributed by atoms with van der Waals surface area (Å²) in [4.78, 5) is 28.3. The van der Waals surface area contributed by atoms with Crippen molar-refractivity contribution in [3.05, 3.63) is 63.6 Å². The Balaban J connectivity index is 1.49. The van der Waals surface area contributed by atoms with Gasteiger partial charge in [0.15, 0.2) is 6.61 Å². The molecule has 1 heterocycles. The maximum absolute atomic E-state index is 12.2. The minimum atomic E-state index is -3.70. The number of amides is 1. The zero-order chi connectivity index (χ0) is 22.6. The molecule has 1 atom stereocenters. The average Bonchev–Trinajstić information content (AvgIpc) is 2.98. The summed E-state index contributed by atoms with van der Waals surface area (Å²) in [5, 5.41) is 3.66. The fourth-order valence-corrected chi connectivity index (χ4v) is 4.59. The van der Waals surface area contributed by atoms with Gasteiger partial charge in [0, 0.05) is 22.2 Å². The second-order valence-electron chi connectivity index (χ2n) is 6.70. The lowest BCUT2D eigenvalue weighted by Crippen LogP contribution is -2.32. The van der Waals surface area contributed by atoms with Gasteiger partial charge in [0.05, 0.1) is 4.90 Å². The molecule has 0 fully saturated rings. The summed E-state index contributed by atoms with van der Waals surface area (Å²) < 4.78 is 31.5. The number of hydrogen-bond donors (Lipinski definition) is 2. The molecule has 0 saturated heterocycles. The van der Waals surface area contributed by atoms with Crippen LogP contribution in [-0.4, -0.2) is 45.3 Å². The van der Waals surface area contributed by atoms with Crippen LogP contribution in [0.1, 0.15) is 18.1 Å². The quantitative estimate of drug-likeness (QED) is 0.586. The SMILES string of the molecule is C[C@H](N=C1NS(=O)(=O)c2ccccc21)C(=O)OCC(=O)NCCc1ccc(Cl)cc1Cl. The summed E-state index contributed by atoms with van der Waals surface area (Å²) in [7, 11) is -3.70. The topological polar surface area (TPSA) is 114 Å². The Morgan fingerprint density at radius 2 is 1.94 bits per heavy atom. The number of nitrogens with zero attached hydrogens (tertiary/aromatic N) is 1. The molecule has 2 N–H and O–H groups in total. The summed E-state index contributed by atoms with van der Waals surface area (Å²) in [6.45, 7) is 1.27. The summed E-state index contributed by atoms with van der Waals surface area (Å²) in [6, 6.07) is 10.4. The van der Waals surface area contributed by atoms with Crippen LogP contribution in [0, 0.1) is 0 Å². The molecule has 0 aliphatic carbocycles. The first-order chi connectivity index (χ1) is 14.7. The first-order valence-corrected chi connectivity index (χ1v) is 11.5. The number of rotatable bonds is 7. The zero-order valence-corrected chi connectivity index (χ0v) is 18.7. The van der Waals surface area contributed by atoms with Gasteiger partial charge >= 0.3 is 5.97 Å². The Morgan fingerprint density at radius 3 is 2.68 bits per heavy atom. The van der Waals surface area contributed by atoms with Gasteiger partial charge in [-0.05, 0) is 43.2 Å². The summed E-state index contributed by atoms with van der Waals surface area (Å²) in [6.07, 6.45) is 0.485. The molecule has 1 aliphatic heterocycles. The highest BCUT2D eigenvalue weighted by Crippen LogP contribution is 2.23. The molecule has 0 saturated carbocycles. The Hall–Kier alpha value is -2.62. The van der Waals surface area contributed by atoms with E-state index in [0.717, 1.165) is 5.56 Å². The Bertz CT molecular complexity index is 1150. The molecule has 0 radical (unpaired) electrons. The number of fused-ring (bicyclic) bond motifs is 1. The van der Waals surface area contributed by atoms with E-state index in [-0.39, 0.29) is 10.7 Å². The number of ether oxygens (including phenoxy) is 1. The molecular formula is C20H19Cl2N3O5S. The van der Waals surface area contributed by atoms with E-state index in [9.17, 15) is 18.0 Å². The van der Waals surface area contributed by atoms with Crippen molar-refractivity contribution in [1.82, 2.24) is 10.0 Å². The Labute approximate surface area is 189 Å². The number of benzene rings is 2. The number of aliphatic imine (C=N–C) groups is 1. The van der Waals surface area contributed by atoms with Crippen LogP contribution in [0.4, 0.5) is 0 Å². The van der Waals surface area contributed by atoms with Gasteiger partial charge in [-0.2, -0.15) is 0 Å². The van der Waals surface area contributed by atoms with Crippen molar-refractivity contribution >= 4 is 50.9 Å². The summed E-state index contributed by atoms with van der Waals surface area (Å²) in [5.41, 5.74) is 1.20. The van der Waals surface area contributed by atoms with Crippen molar-refractivity contribution in [3.63, 3.8) is 0 Å². The normalized spacial score (nSPS) is 16.3. The number of carbonyl (C=O) groups is 2. The van der Waals surface area contributed by atoms with Gasteiger partial charge in [-0.1, -0.05) is 41.4 Å². The fourth-order valence-electron chi connectivity index (χ4n) is 2.85. The second kappa shape index (κ2) is 9.67. The van der Waals surface area contributed by atoms with Gasteiger partial charge in [0.25, 0.3) is 15.9 Å². The number of amidine groups is 1. The predicted octanol–water partition coefficient (Wildman–Crippen LogP) is 2.32. The highest BCUT2D eigenvalue weighted by molar-refractivity contribution is 7.90. The largest absolute Gasteiger partial charge is 0.454 e. The summed E-state index contributed by atoms with van der Waals surface area (Å²) in [5.74, 6) is -1.18. The van der Waals surface area contributed by atoms with Crippen LogP contribution in [0.3, 0.4) is 0 Å². The first-order valence-electron chi connectivity index (χ1n) is 9.24. The minimum Gasteiger partial charge on any atom is -0.454 e. The van der Waals surface area contributed by atoms with Gasteiger partial charge in [0.2, 0.25) is 0 Å². The minimum absolute atomic E-state index is 0.0596. The average molecular weight is 484 g/mol. The molecule has 0 aromatic heterocycles. The monoisotopic (exact) mass is 483 g/mol. The third-order valence-electron chi connectivity index (χ3n) is 4.40. The van der Waals surface area contributed by atoms with Crippen LogP contribution in [0.2, 0.25) is 10.0 Å². The number of esters is 1. The van der Waals surface area contributed by atoms with Crippen LogP contribution in [-0.2, 0) is 30.8 Å². The third-order valence-corrected chi connectivity index (χ3v) is 6.39. The van der Waals surface area contributed by atoms with Gasteiger partial charge in [-0.25, -0.2) is 13.2 Å². The molecule has 0 unspecified atom stereocenters. The first kappa shape index (κ1) is 23.1. The van der Waals surface area contributed by atoms with Gasteiger partial charge < -0.3 is 10.1 Å². The van der Waals surface area contributed by atoms with E-state index in [1.165, 1.54) is 13.0 Å². The van der Waals surface area contributed by atoms with Crippen LogP contribution < -0.4 is 10.0 Å². The third kappa shape index (κ3) is 5.75. The lowest BCUT2D eigenvalue weighted by molar-refractivity contribution is -0.149. The number of carbonyl (C=O) groups excluding carboxylic acids is 2. The molecule has 11 heteroatoms. The number of hydrogen-bond acceptors (Lipinski definition) is 6. The number of nitrogens with one attached hydrogen (secondary N) is 2. The molecule has 0 spiro atoms. The molecule has 164 valence electrons. The van der Waals surface area contributed by atoms with E-state index in [1.54, 1.807) is 36.4 Å². The lowest BCUT2D eigenvalue weighted by Gasteiger charge is -2.10. The van der Waals surface area contributed by atoms with E-state index in [0.29, 0.717) is 28.6 Å². The molecule has 1 amide bonds. The summed E-state index contributed by atoms with van der Waals surface area (Å²) >= 11 is 11.9. The number of sulfonamides is 1. The van der Waals surface area contributed by atoms with E-state index >= 15 is 0 Å². The van der Waals surface area contributed by atoms with Gasteiger partial charge in [-0.3, -0.25) is 14.5 Å². The predicted molar refractivity (Wildman–Crippen MR) is 117 cm³/mol. The van der Waals surface area contributed by atoms with Gasteiger partial charge in [-0.15, -0.1) is 0 Å². The van der Waals surface area contributed by atoms with Crippen LogP contribution in [0.25, 0.3) is 0 Å². The molecule has 8 nitrogen and oxygen atoms in total. The molecule has 2 aromatic carbocycles. The van der Waals surface area contributed by atoms with Crippen molar-refractivity contribution in [1.29, 1.82) is 0 Å². The molecule has 3 rings (SSSR count). The highest BCUT2D eigenvalue weighted by Gasteiger charge is 2.31. The molecule has 1 aliphatic rings. The van der Waals surface area contributed by atoms with E-state index in [4.69, 9.17) is 27.9 Å². The van der Waals surface area contributed by atoms with Gasteiger partial charge in [0.1, 0.15) is 11.9 Å². The van der Waals surface area contributed by atoms with Crippen LogP contribution in [0.15, 0.2) is 52.4 Å². The van der Waals surface area contributed by atoms with E-state index < -0.39 is 34.5 Å². The zero-order valence-electron chi connectivity index (χ0n) is 16.4. The highest BCUT2D eigenvalue weighted by atomic mass is 35.5. The maximum atomic E-state index is 12.2. The molecule has 2 aromatic rings. The fraction of sp³-hybridized carbons (Fsp3) is 0.250. The molecular weight excluding hydrogens is 465 g/mol. The Kier molecular flexibility index (Phi) is 7.19. The lowest BCUT2D eigenvalue weighted by atomic mass is 10.1. The molecule has 31 heavy (non-hydrogen) atoms. The van der Waals surface area contributed by atoms with Crippen molar-refractivity contribution in [3.8, 4) is 0 Å². The maximum Gasteiger partial charge on any atom is 0.331 e. The second-order valence-corrected chi connectivity index (χ2v) is 9.19. The van der Waals surface area contributed by atoms with E-state index in [2.05, 4.69) is 15.0 Å². The standard InChI is InChI=1S/C20H19Cl2N3O5S/c1-12(24-19-15-4-2-3-5-17(15)31(28,29)25-19)20(27)30-11-18(26)23-9-8-13-6-7-14(21)10-16(13)22/h2-7,10,12H,8-9,11H2,1H3,(H,23,26)(H,24,25)/t12-/m0/s1. The molecule has 0 bridgehead atoms. The van der Waals surface area contributed by atoms with Crippen LogP contribution in [0.5, 0.6) is 0 Å². The van der Waals surface area contributed by atoms with Crippen LogP contribution >= 0.6 is 23.2 Å². The number of halogens is 2. The van der Waals surface area contributed by atoms with Crippen molar-refractivity contribution < 1.29 is 22.7 Å². The van der Waals surface area contributed by atoms with E-state index in [1.807, 2.05) is 0 Å². The Morgan fingerprint density at radius 1 is 1.19 bits per heavy atom. The smallest absolute Gasteiger partial charge is 0.331 e.